The Hall–Kier alpha value is -4.56. The SMILES string of the molecule is C=C(O/C(C)=C/C(=C)c1ccccc1)/C(=C\C)N(c1ccccc1)c1cccc2c1-c1ccccc1C2(C)C. The van der Waals surface area contributed by atoms with E-state index in [1.807, 2.05) is 56.3 Å². The second-order valence-corrected chi connectivity index (χ2v) is 10.4. The van der Waals surface area contributed by atoms with Gasteiger partial charge in [0.2, 0.25) is 0 Å². The molecular weight excluding hydrogens is 474 g/mol. The van der Waals surface area contributed by atoms with E-state index in [0.717, 1.165) is 34.0 Å². The average Bonchev–Trinajstić information content (AvgIpc) is 3.19. The Morgan fingerprint density at radius 2 is 1.38 bits per heavy atom. The Balaban J connectivity index is 1.58. The predicted molar refractivity (Wildman–Crippen MR) is 166 cm³/mol. The van der Waals surface area contributed by atoms with Crippen LogP contribution in [0.1, 0.15) is 44.4 Å². The molecule has 5 rings (SSSR count). The number of rotatable bonds is 8. The second-order valence-electron chi connectivity index (χ2n) is 10.4. The van der Waals surface area contributed by atoms with Gasteiger partial charge in [0.15, 0.2) is 0 Å². The van der Waals surface area contributed by atoms with Gasteiger partial charge in [0.1, 0.15) is 11.5 Å². The minimum Gasteiger partial charge on any atom is -0.460 e. The van der Waals surface area contributed by atoms with Crippen molar-refractivity contribution < 1.29 is 4.74 Å². The lowest BCUT2D eigenvalue weighted by Gasteiger charge is -2.31. The predicted octanol–water partition coefficient (Wildman–Crippen LogP) is 10.2. The molecule has 0 saturated heterocycles. The van der Waals surface area contributed by atoms with E-state index in [-0.39, 0.29) is 5.41 Å². The van der Waals surface area contributed by atoms with E-state index in [9.17, 15) is 0 Å². The standard InChI is InChI=1S/C37H35NO/c1-7-34(28(4)39-27(3)25-26(2)29-17-10-8-11-18-29)38(30-19-12-9-13-20-30)35-24-16-23-33-36(35)31-21-14-15-22-32(31)37(33,5)6/h7-25H,2,4H2,1,3,5-6H3/b27-25+,34-7+. The zero-order chi connectivity index (χ0) is 27.6. The zero-order valence-electron chi connectivity index (χ0n) is 23.2. The van der Waals surface area contributed by atoms with Crippen LogP contribution in [0.5, 0.6) is 0 Å². The van der Waals surface area contributed by atoms with Gasteiger partial charge in [-0.3, -0.25) is 0 Å². The molecule has 2 nitrogen and oxygen atoms in total. The zero-order valence-corrected chi connectivity index (χ0v) is 23.2. The van der Waals surface area contributed by atoms with Crippen molar-refractivity contribution >= 4 is 16.9 Å². The van der Waals surface area contributed by atoms with Crippen LogP contribution in [0.3, 0.4) is 0 Å². The summed E-state index contributed by atoms with van der Waals surface area (Å²) in [7, 11) is 0. The maximum Gasteiger partial charge on any atom is 0.143 e. The van der Waals surface area contributed by atoms with E-state index >= 15 is 0 Å². The lowest BCUT2D eigenvalue weighted by molar-refractivity contribution is 0.317. The number of hydrogen-bond donors (Lipinski definition) is 0. The van der Waals surface area contributed by atoms with Gasteiger partial charge in [-0.25, -0.2) is 0 Å². The van der Waals surface area contributed by atoms with Crippen LogP contribution in [-0.2, 0) is 10.2 Å². The molecule has 0 spiro atoms. The molecule has 0 aliphatic heterocycles. The van der Waals surface area contributed by atoms with Crippen LogP contribution >= 0.6 is 0 Å². The molecule has 0 N–H and O–H groups in total. The fourth-order valence-corrected chi connectivity index (χ4v) is 5.58. The smallest absolute Gasteiger partial charge is 0.143 e. The largest absolute Gasteiger partial charge is 0.460 e. The Labute approximate surface area is 232 Å². The Bertz CT molecular complexity index is 1590. The number of allylic oxidation sites excluding steroid dienone is 4. The lowest BCUT2D eigenvalue weighted by Crippen LogP contribution is -2.20. The van der Waals surface area contributed by atoms with Crippen LogP contribution in [0, 0.1) is 0 Å². The molecule has 2 heteroatoms. The van der Waals surface area contributed by atoms with Crippen molar-refractivity contribution in [3.63, 3.8) is 0 Å². The lowest BCUT2D eigenvalue weighted by atomic mass is 9.82. The summed E-state index contributed by atoms with van der Waals surface area (Å²) in [6.45, 7) is 17.2. The van der Waals surface area contributed by atoms with E-state index in [1.165, 1.54) is 22.3 Å². The van der Waals surface area contributed by atoms with Crippen molar-refractivity contribution in [3.05, 3.63) is 162 Å². The Kier molecular flexibility index (Phi) is 7.13. The molecule has 0 bridgehead atoms. The van der Waals surface area contributed by atoms with Gasteiger partial charge in [-0.1, -0.05) is 118 Å². The fourth-order valence-electron chi connectivity index (χ4n) is 5.58. The van der Waals surface area contributed by atoms with Crippen LogP contribution in [-0.4, -0.2) is 0 Å². The first-order valence-corrected chi connectivity index (χ1v) is 13.4. The summed E-state index contributed by atoms with van der Waals surface area (Å²) in [5.41, 5.74) is 10.1. The van der Waals surface area contributed by atoms with Crippen molar-refractivity contribution in [3.8, 4) is 11.1 Å². The quantitative estimate of drug-likeness (QED) is 0.173. The van der Waals surface area contributed by atoms with Gasteiger partial charge < -0.3 is 9.64 Å². The molecule has 0 radical (unpaired) electrons. The Morgan fingerprint density at radius 1 is 0.769 bits per heavy atom. The molecule has 4 aromatic rings. The third-order valence-corrected chi connectivity index (χ3v) is 7.45. The van der Waals surface area contributed by atoms with Crippen LogP contribution in [0.2, 0.25) is 0 Å². The highest BCUT2D eigenvalue weighted by molar-refractivity contribution is 5.93. The third kappa shape index (κ3) is 4.86. The van der Waals surface area contributed by atoms with Gasteiger partial charge in [0.05, 0.1) is 11.4 Å². The molecule has 4 aromatic carbocycles. The number of benzene rings is 4. The summed E-state index contributed by atoms with van der Waals surface area (Å²) >= 11 is 0. The minimum absolute atomic E-state index is 0.0922. The van der Waals surface area contributed by atoms with Crippen LogP contribution < -0.4 is 4.90 Å². The van der Waals surface area contributed by atoms with Gasteiger partial charge in [-0.15, -0.1) is 0 Å². The first-order valence-electron chi connectivity index (χ1n) is 13.4. The van der Waals surface area contributed by atoms with Gasteiger partial charge >= 0.3 is 0 Å². The molecule has 0 heterocycles. The van der Waals surface area contributed by atoms with Crippen molar-refractivity contribution in [2.24, 2.45) is 0 Å². The molecule has 0 saturated carbocycles. The molecule has 0 unspecified atom stereocenters. The van der Waals surface area contributed by atoms with Crippen molar-refractivity contribution in [1.29, 1.82) is 0 Å². The highest BCUT2D eigenvalue weighted by Crippen LogP contribution is 2.53. The first kappa shape index (κ1) is 26.1. The van der Waals surface area contributed by atoms with Crippen LogP contribution in [0.15, 0.2) is 146 Å². The van der Waals surface area contributed by atoms with E-state index in [4.69, 9.17) is 4.74 Å². The summed E-state index contributed by atoms with van der Waals surface area (Å²) in [6, 6.07) is 35.9. The van der Waals surface area contributed by atoms with Crippen molar-refractivity contribution in [1.82, 2.24) is 0 Å². The highest BCUT2D eigenvalue weighted by atomic mass is 16.5. The summed E-state index contributed by atoms with van der Waals surface area (Å²) in [5, 5.41) is 0. The topological polar surface area (TPSA) is 12.5 Å². The molecule has 0 fully saturated rings. The Morgan fingerprint density at radius 3 is 2.08 bits per heavy atom. The van der Waals surface area contributed by atoms with E-state index in [0.29, 0.717) is 5.76 Å². The maximum absolute atomic E-state index is 6.35. The number of para-hydroxylation sites is 1. The number of anilines is 2. The van der Waals surface area contributed by atoms with Crippen molar-refractivity contribution in [2.75, 3.05) is 4.90 Å². The van der Waals surface area contributed by atoms with Crippen molar-refractivity contribution in [2.45, 2.75) is 33.1 Å². The summed E-state index contributed by atoms with van der Waals surface area (Å²) in [5.74, 6) is 1.30. The van der Waals surface area contributed by atoms with Gasteiger partial charge in [-0.05, 0) is 65.9 Å². The fraction of sp³-hybridized carbons (Fsp3) is 0.135. The highest BCUT2D eigenvalue weighted by Gasteiger charge is 2.38. The summed E-state index contributed by atoms with van der Waals surface area (Å²) < 4.78 is 6.35. The molecule has 0 amide bonds. The molecule has 39 heavy (non-hydrogen) atoms. The summed E-state index contributed by atoms with van der Waals surface area (Å²) in [6.07, 6.45) is 4.03. The minimum atomic E-state index is -0.0922. The molecule has 1 aliphatic carbocycles. The van der Waals surface area contributed by atoms with E-state index in [2.05, 4.69) is 105 Å². The first-order chi connectivity index (χ1) is 18.8. The number of fused-ring (bicyclic) bond motifs is 3. The van der Waals surface area contributed by atoms with Gasteiger partial charge in [-0.2, -0.15) is 0 Å². The van der Waals surface area contributed by atoms with Crippen LogP contribution in [0.25, 0.3) is 16.7 Å². The number of nitrogens with zero attached hydrogens (tertiary/aromatic N) is 1. The average molecular weight is 510 g/mol. The molecular formula is C37H35NO. The summed E-state index contributed by atoms with van der Waals surface area (Å²) in [4.78, 5) is 2.26. The molecule has 194 valence electrons. The number of hydrogen-bond acceptors (Lipinski definition) is 2. The van der Waals surface area contributed by atoms with E-state index < -0.39 is 0 Å². The normalized spacial score (nSPS) is 13.8. The second kappa shape index (κ2) is 10.7. The molecule has 0 atom stereocenters. The van der Waals surface area contributed by atoms with Crippen LogP contribution in [0.4, 0.5) is 11.4 Å². The monoisotopic (exact) mass is 509 g/mol. The molecule has 0 aromatic heterocycles. The maximum atomic E-state index is 6.35. The van der Waals surface area contributed by atoms with Gasteiger partial charge in [0.25, 0.3) is 0 Å². The van der Waals surface area contributed by atoms with Gasteiger partial charge in [0, 0.05) is 16.7 Å². The number of ether oxygens (including phenoxy) is 1. The third-order valence-electron chi connectivity index (χ3n) is 7.45. The molecule has 1 aliphatic rings. The van der Waals surface area contributed by atoms with E-state index in [1.54, 1.807) is 0 Å².